The molecule has 1 aliphatic rings. The van der Waals surface area contributed by atoms with Crippen molar-refractivity contribution in [3.8, 4) is 0 Å². The summed E-state index contributed by atoms with van der Waals surface area (Å²) >= 11 is 0. The Morgan fingerprint density at radius 2 is 2.15 bits per heavy atom. The van der Waals surface area contributed by atoms with Gasteiger partial charge >= 0.3 is 0 Å². The van der Waals surface area contributed by atoms with Gasteiger partial charge in [-0.3, -0.25) is 4.79 Å². The van der Waals surface area contributed by atoms with E-state index in [1.54, 1.807) is 0 Å². The van der Waals surface area contributed by atoms with E-state index in [1.165, 1.54) is 12.8 Å². The van der Waals surface area contributed by atoms with Gasteiger partial charge in [0.2, 0.25) is 10.0 Å². The van der Waals surface area contributed by atoms with Crippen LogP contribution in [0.25, 0.3) is 0 Å². The summed E-state index contributed by atoms with van der Waals surface area (Å²) in [4.78, 5) is 11.6. The molecule has 7 heteroatoms. The van der Waals surface area contributed by atoms with Crippen LogP contribution in [0.15, 0.2) is 23.1 Å². The molecular weight excluding hydrogens is 283 g/mol. The second kappa shape index (κ2) is 5.49. The highest BCUT2D eigenvalue weighted by Gasteiger charge is 2.25. The van der Waals surface area contributed by atoms with E-state index in [0.29, 0.717) is 5.92 Å². The zero-order valence-corrected chi connectivity index (χ0v) is 11.9. The predicted molar refractivity (Wildman–Crippen MR) is 72.0 cm³/mol. The molecule has 110 valence electrons. The van der Waals surface area contributed by atoms with Crippen molar-refractivity contribution in [2.45, 2.75) is 37.1 Å². The maximum Gasteiger partial charge on any atom is 0.254 e. The molecule has 0 aliphatic heterocycles. The maximum absolute atomic E-state index is 13.8. The minimum absolute atomic E-state index is 0.0349. The van der Waals surface area contributed by atoms with E-state index in [9.17, 15) is 17.6 Å². The molecule has 0 radical (unpaired) electrons. The Labute approximate surface area is 117 Å². The van der Waals surface area contributed by atoms with E-state index in [1.807, 2.05) is 6.92 Å². The Morgan fingerprint density at radius 3 is 2.65 bits per heavy atom. The lowest BCUT2D eigenvalue weighted by molar-refractivity contribution is 0.0933. The van der Waals surface area contributed by atoms with Gasteiger partial charge in [-0.25, -0.2) is 17.9 Å². The van der Waals surface area contributed by atoms with Crippen LogP contribution in [0.3, 0.4) is 0 Å². The monoisotopic (exact) mass is 300 g/mol. The van der Waals surface area contributed by atoms with Crippen LogP contribution in [0.5, 0.6) is 0 Å². The number of amides is 1. The minimum Gasteiger partial charge on any atom is -0.349 e. The van der Waals surface area contributed by atoms with Gasteiger partial charge < -0.3 is 5.32 Å². The van der Waals surface area contributed by atoms with Crippen LogP contribution in [0, 0.1) is 11.7 Å². The third-order valence-corrected chi connectivity index (χ3v) is 4.19. The normalized spacial score (nSPS) is 16.8. The quantitative estimate of drug-likeness (QED) is 0.861. The smallest absolute Gasteiger partial charge is 0.254 e. The summed E-state index contributed by atoms with van der Waals surface area (Å²) in [5.74, 6) is -0.788. The topological polar surface area (TPSA) is 89.3 Å². The lowest BCUT2D eigenvalue weighted by Crippen LogP contribution is -2.33. The van der Waals surface area contributed by atoms with Gasteiger partial charge in [0.25, 0.3) is 5.91 Å². The van der Waals surface area contributed by atoms with Crippen LogP contribution in [0.4, 0.5) is 4.39 Å². The highest BCUT2D eigenvalue weighted by atomic mass is 32.2. The van der Waals surface area contributed by atoms with Gasteiger partial charge in [0.15, 0.2) is 0 Å². The van der Waals surface area contributed by atoms with E-state index in [4.69, 9.17) is 5.14 Å². The third-order valence-electron chi connectivity index (χ3n) is 3.28. The summed E-state index contributed by atoms with van der Waals surface area (Å²) in [7, 11) is -3.97. The molecule has 1 aliphatic carbocycles. The number of nitrogens with two attached hydrogens (primary N) is 1. The lowest BCUT2D eigenvalue weighted by atomic mass is 10.1. The van der Waals surface area contributed by atoms with Gasteiger partial charge in [0, 0.05) is 6.04 Å². The van der Waals surface area contributed by atoms with Crippen molar-refractivity contribution >= 4 is 15.9 Å². The average Bonchev–Trinajstić information content (AvgIpc) is 3.11. The van der Waals surface area contributed by atoms with Crippen molar-refractivity contribution in [1.29, 1.82) is 0 Å². The summed E-state index contributed by atoms with van der Waals surface area (Å²) in [5, 5.41) is 7.61. The van der Waals surface area contributed by atoms with Crippen molar-refractivity contribution in [3.05, 3.63) is 29.6 Å². The van der Waals surface area contributed by atoms with E-state index >= 15 is 0 Å². The van der Waals surface area contributed by atoms with Gasteiger partial charge in [-0.2, -0.15) is 0 Å². The Balaban J connectivity index is 2.09. The molecule has 2 rings (SSSR count). The molecular formula is C13H17FN2O3S. The van der Waals surface area contributed by atoms with Crippen molar-refractivity contribution < 1.29 is 17.6 Å². The van der Waals surface area contributed by atoms with Crippen LogP contribution in [-0.4, -0.2) is 20.4 Å². The van der Waals surface area contributed by atoms with E-state index in [2.05, 4.69) is 5.32 Å². The fourth-order valence-electron chi connectivity index (χ4n) is 2.07. The summed E-state index contributed by atoms with van der Waals surface area (Å²) in [5.41, 5.74) is -0.181. The SMILES string of the molecule is CC(CC1CC1)NC(=O)c1ccc(S(N)(=O)=O)cc1F. The third kappa shape index (κ3) is 3.77. The fourth-order valence-corrected chi connectivity index (χ4v) is 2.60. The zero-order chi connectivity index (χ0) is 14.9. The highest BCUT2D eigenvalue weighted by Crippen LogP contribution is 2.33. The standard InChI is InChI=1S/C13H17FN2O3S/c1-8(6-9-2-3-9)16-13(17)11-5-4-10(7-12(11)14)20(15,18)19/h4-5,7-9H,2-3,6H2,1H3,(H,16,17)(H2,15,18,19). The molecule has 1 fully saturated rings. The molecule has 0 aromatic heterocycles. The molecule has 0 heterocycles. The first kappa shape index (κ1) is 14.9. The van der Waals surface area contributed by atoms with Gasteiger partial charge in [-0.05, 0) is 37.5 Å². The van der Waals surface area contributed by atoms with Gasteiger partial charge in [-0.1, -0.05) is 12.8 Å². The summed E-state index contributed by atoms with van der Waals surface area (Å²) in [6.07, 6.45) is 3.23. The number of hydrogen-bond acceptors (Lipinski definition) is 3. The number of hydrogen-bond donors (Lipinski definition) is 2. The van der Waals surface area contributed by atoms with E-state index in [-0.39, 0.29) is 16.5 Å². The number of halogens is 1. The molecule has 1 amide bonds. The first-order valence-corrected chi connectivity index (χ1v) is 7.95. The predicted octanol–water partition coefficient (Wildman–Crippen LogP) is 1.39. The molecule has 1 unspecified atom stereocenters. The van der Waals surface area contributed by atoms with Crippen LogP contribution >= 0.6 is 0 Å². The molecule has 1 aromatic rings. The van der Waals surface area contributed by atoms with E-state index < -0.39 is 21.7 Å². The molecule has 0 spiro atoms. The first-order valence-electron chi connectivity index (χ1n) is 6.40. The molecule has 1 atom stereocenters. The summed E-state index contributed by atoms with van der Waals surface area (Å²) in [6.45, 7) is 1.87. The number of primary sulfonamides is 1. The van der Waals surface area contributed by atoms with Crippen molar-refractivity contribution in [1.82, 2.24) is 5.32 Å². The molecule has 3 N–H and O–H groups in total. The van der Waals surface area contributed by atoms with Gasteiger partial charge in [0.1, 0.15) is 5.82 Å². The Bertz CT molecular complexity index is 627. The molecule has 0 saturated heterocycles. The van der Waals surface area contributed by atoms with Crippen LogP contribution in [0.1, 0.15) is 36.5 Å². The largest absolute Gasteiger partial charge is 0.349 e. The second-order valence-corrected chi connectivity index (χ2v) is 6.80. The van der Waals surface area contributed by atoms with Crippen molar-refractivity contribution in [3.63, 3.8) is 0 Å². The Hall–Kier alpha value is -1.47. The number of rotatable bonds is 5. The highest BCUT2D eigenvalue weighted by molar-refractivity contribution is 7.89. The van der Waals surface area contributed by atoms with Crippen LogP contribution in [0.2, 0.25) is 0 Å². The number of carbonyl (C=O) groups is 1. The zero-order valence-electron chi connectivity index (χ0n) is 11.1. The number of carbonyl (C=O) groups excluding carboxylic acids is 1. The molecule has 20 heavy (non-hydrogen) atoms. The van der Waals surface area contributed by atoms with E-state index in [0.717, 1.165) is 24.6 Å². The first-order chi connectivity index (χ1) is 9.27. The van der Waals surface area contributed by atoms with Gasteiger partial charge in [-0.15, -0.1) is 0 Å². The number of sulfonamides is 1. The molecule has 1 saturated carbocycles. The van der Waals surface area contributed by atoms with Crippen molar-refractivity contribution in [2.24, 2.45) is 11.1 Å². The molecule has 0 bridgehead atoms. The summed E-state index contributed by atoms with van der Waals surface area (Å²) in [6, 6.07) is 2.98. The average molecular weight is 300 g/mol. The Morgan fingerprint density at radius 1 is 1.50 bits per heavy atom. The van der Waals surface area contributed by atoms with Gasteiger partial charge in [0.05, 0.1) is 10.5 Å². The number of nitrogens with one attached hydrogen (secondary N) is 1. The molecule has 5 nitrogen and oxygen atoms in total. The maximum atomic E-state index is 13.8. The molecule has 1 aromatic carbocycles. The van der Waals surface area contributed by atoms with Crippen molar-refractivity contribution in [2.75, 3.05) is 0 Å². The lowest BCUT2D eigenvalue weighted by Gasteiger charge is -2.14. The minimum atomic E-state index is -3.97. The summed E-state index contributed by atoms with van der Waals surface area (Å²) < 4.78 is 35.9. The second-order valence-electron chi connectivity index (χ2n) is 5.24. The number of benzene rings is 1. The Kier molecular flexibility index (Phi) is 4.10. The van der Waals surface area contributed by atoms with Crippen LogP contribution < -0.4 is 10.5 Å². The fraction of sp³-hybridized carbons (Fsp3) is 0.462. The van der Waals surface area contributed by atoms with Crippen LogP contribution in [-0.2, 0) is 10.0 Å².